The number of aromatic nitrogens is 2. The third kappa shape index (κ3) is 5.47. The van der Waals surface area contributed by atoms with Gasteiger partial charge in [-0.25, -0.2) is 15.0 Å². The van der Waals surface area contributed by atoms with Crippen LogP contribution in [0, 0.1) is 12.8 Å². The summed E-state index contributed by atoms with van der Waals surface area (Å²) in [7, 11) is 0. The minimum atomic E-state index is 0.388. The first-order valence-electron chi connectivity index (χ1n) is 8.77. The number of aliphatic imine (C=N–C) groups is 1. The van der Waals surface area contributed by atoms with E-state index < -0.39 is 0 Å². The van der Waals surface area contributed by atoms with Crippen molar-refractivity contribution in [1.29, 1.82) is 0 Å². The molecule has 2 aromatic rings. The Kier molecular flexibility index (Phi) is 6.79. The molecule has 1 fully saturated rings. The molecule has 2 heterocycles. The molecule has 0 N–H and O–H groups in total. The number of hydrogen-bond acceptors (Lipinski definition) is 5. The highest BCUT2D eigenvalue weighted by Crippen LogP contribution is 2.42. The summed E-state index contributed by atoms with van der Waals surface area (Å²) in [6.07, 6.45) is 2.83. The lowest BCUT2D eigenvalue weighted by atomic mass is 9.97. The molecule has 0 saturated carbocycles. The Morgan fingerprint density at radius 1 is 1.26 bits per heavy atom. The van der Waals surface area contributed by atoms with Crippen molar-refractivity contribution in [2.75, 3.05) is 0 Å². The van der Waals surface area contributed by atoms with E-state index in [0.29, 0.717) is 5.92 Å². The van der Waals surface area contributed by atoms with Gasteiger partial charge in [-0.15, -0.1) is 0 Å². The Morgan fingerprint density at radius 2 is 2.00 bits per heavy atom. The van der Waals surface area contributed by atoms with Crippen LogP contribution in [0.25, 0.3) is 0 Å². The van der Waals surface area contributed by atoms with E-state index in [1.54, 1.807) is 29.7 Å². The third-order valence-corrected chi connectivity index (χ3v) is 6.54. The van der Waals surface area contributed by atoms with Gasteiger partial charge in [0.25, 0.3) is 0 Å². The van der Waals surface area contributed by atoms with Gasteiger partial charge >= 0.3 is 0 Å². The molecule has 1 aromatic carbocycles. The molecule has 1 unspecified atom stereocenters. The maximum Gasteiger partial charge on any atom is 0.192 e. The molecule has 1 aromatic heterocycles. The van der Waals surface area contributed by atoms with E-state index in [4.69, 9.17) is 16.6 Å². The molecule has 3 rings (SSSR count). The van der Waals surface area contributed by atoms with Crippen molar-refractivity contribution in [3.05, 3.63) is 68.7 Å². The largest absolute Gasteiger partial charge is 0.241 e. The van der Waals surface area contributed by atoms with Crippen LogP contribution in [0.1, 0.15) is 32.9 Å². The van der Waals surface area contributed by atoms with Gasteiger partial charge in [0, 0.05) is 16.9 Å². The van der Waals surface area contributed by atoms with Gasteiger partial charge in [0.05, 0.1) is 5.69 Å². The zero-order valence-electron chi connectivity index (χ0n) is 15.9. The van der Waals surface area contributed by atoms with E-state index in [0.717, 1.165) is 33.0 Å². The lowest BCUT2D eigenvalue weighted by Crippen LogP contribution is -2.15. The summed E-state index contributed by atoms with van der Waals surface area (Å²) in [6.45, 7) is 8.56. The van der Waals surface area contributed by atoms with Gasteiger partial charge in [-0.05, 0) is 79.3 Å². The lowest BCUT2D eigenvalue weighted by molar-refractivity contribution is 0.710. The average Bonchev–Trinajstić information content (AvgIpc) is 2.62. The van der Waals surface area contributed by atoms with Crippen LogP contribution in [0.4, 0.5) is 5.69 Å². The van der Waals surface area contributed by atoms with E-state index in [-0.39, 0.29) is 0 Å². The van der Waals surface area contributed by atoms with Crippen LogP contribution in [0.15, 0.2) is 68.1 Å². The molecule has 0 aliphatic carbocycles. The third-order valence-electron chi connectivity index (χ3n) is 4.17. The van der Waals surface area contributed by atoms with Crippen molar-refractivity contribution in [1.82, 2.24) is 9.97 Å². The molecule has 0 spiro atoms. The SMILES string of the molecule is CC(C)=C1CC(C)C(=C\Sc2nccc(C)n2)/C(=N/c2ccc(Cl)cc2)S1. The minimum absolute atomic E-state index is 0.388. The highest BCUT2D eigenvalue weighted by atomic mass is 35.5. The summed E-state index contributed by atoms with van der Waals surface area (Å²) >= 11 is 9.33. The summed E-state index contributed by atoms with van der Waals surface area (Å²) < 4.78 is 0. The second-order valence-corrected chi connectivity index (χ2v) is 9.05. The van der Waals surface area contributed by atoms with Gasteiger partial charge < -0.3 is 0 Å². The molecule has 3 nitrogen and oxygen atoms in total. The molecule has 1 aliphatic heterocycles. The molecule has 6 heteroatoms. The van der Waals surface area contributed by atoms with Crippen LogP contribution in [-0.2, 0) is 0 Å². The van der Waals surface area contributed by atoms with Crippen molar-refractivity contribution in [3.63, 3.8) is 0 Å². The summed E-state index contributed by atoms with van der Waals surface area (Å²) in [4.78, 5) is 15.1. The molecule has 0 bridgehead atoms. The van der Waals surface area contributed by atoms with Crippen molar-refractivity contribution in [2.45, 2.75) is 39.3 Å². The van der Waals surface area contributed by atoms with Crippen LogP contribution in [0.2, 0.25) is 5.02 Å². The van der Waals surface area contributed by atoms with Gasteiger partial charge in [0.15, 0.2) is 5.16 Å². The Hall–Kier alpha value is -1.56. The number of thioether (sulfide) groups is 2. The van der Waals surface area contributed by atoms with Gasteiger partial charge in [-0.1, -0.05) is 47.6 Å². The van der Waals surface area contributed by atoms with E-state index in [1.165, 1.54) is 16.1 Å². The maximum atomic E-state index is 6.01. The highest BCUT2D eigenvalue weighted by molar-refractivity contribution is 8.17. The molecule has 0 radical (unpaired) electrons. The smallest absolute Gasteiger partial charge is 0.192 e. The van der Waals surface area contributed by atoms with Crippen molar-refractivity contribution in [3.8, 4) is 0 Å². The van der Waals surface area contributed by atoms with Crippen molar-refractivity contribution < 1.29 is 0 Å². The van der Waals surface area contributed by atoms with Gasteiger partial charge in [0.1, 0.15) is 5.04 Å². The number of aryl methyl sites for hydroxylation is 1. The van der Waals surface area contributed by atoms with Crippen LogP contribution >= 0.6 is 35.1 Å². The number of allylic oxidation sites excluding steroid dienone is 2. The van der Waals surface area contributed by atoms with Crippen LogP contribution in [0.3, 0.4) is 0 Å². The highest BCUT2D eigenvalue weighted by Gasteiger charge is 2.25. The van der Waals surface area contributed by atoms with E-state index >= 15 is 0 Å². The first-order valence-corrected chi connectivity index (χ1v) is 10.8. The fourth-order valence-corrected chi connectivity index (χ4v) is 5.00. The van der Waals surface area contributed by atoms with Crippen molar-refractivity contribution in [2.24, 2.45) is 10.9 Å². The van der Waals surface area contributed by atoms with Gasteiger partial charge in [-0.2, -0.15) is 0 Å². The zero-order valence-corrected chi connectivity index (χ0v) is 18.3. The molecule has 27 heavy (non-hydrogen) atoms. The minimum Gasteiger partial charge on any atom is -0.241 e. The molecule has 1 atom stereocenters. The monoisotopic (exact) mass is 415 g/mol. The summed E-state index contributed by atoms with van der Waals surface area (Å²) in [5.74, 6) is 0.388. The van der Waals surface area contributed by atoms with Crippen LogP contribution < -0.4 is 0 Å². The Bertz CT molecular complexity index is 913. The fourth-order valence-electron chi connectivity index (χ4n) is 2.61. The molecular weight excluding hydrogens is 394 g/mol. The Morgan fingerprint density at radius 3 is 2.67 bits per heavy atom. The second-order valence-electron chi connectivity index (χ2n) is 6.70. The zero-order chi connectivity index (χ0) is 19.4. The van der Waals surface area contributed by atoms with E-state index in [2.05, 4.69) is 36.1 Å². The topological polar surface area (TPSA) is 38.1 Å². The van der Waals surface area contributed by atoms with Crippen LogP contribution in [-0.4, -0.2) is 15.0 Å². The van der Waals surface area contributed by atoms with E-state index in [1.807, 2.05) is 37.3 Å². The maximum absolute atomic E-state index is 6.01. The number of rotatable bonds is 3. The van der Waals surface area contributed by atoms with Gasteiger partial charge in [0.2, 0.25) is 0 Å². The standard InChI is InChI=1S/C21H22ClN3S2/c1-13(2)19-11-14(3)18(12-26-21-23-10-9-15(4)24-21)20(27-19)25-17-7-5-16(22)6-8-17/h5-10,12,14H,11H2,1-4H3/b18-12+,25-20-. The molecule has 140 valence electrons. The summed E-state index contributed by atoms with van der Waals surface area (Å²) in [6, 6.07) is 9.55. The number of hydrogen-bond donors (Lipinski definition) is 0. The quantitative estimate of drug-likeness (QED) is 0.392. The molecule has 1 saturated heterocycles. The Labute approximate surface area is 174 Å². The average molecular weight is 416 g/mol. The fraction of sp³-hybridized carbons (Fsp3) is 0.286. The first-order chi connectivity index (χ1) is 12.9. The first kappa shape index (κ1) is 20.2. The van der Waals surface area contributed by atoms with E-state index in [9.17, 15) is 0 Å². The predicted octanol–water partition coefficient (Wildman–Crippen LogP) is 7.21. The van der Waals surface area contributed by atoms with Crippen molar-refractivity contribution >= 4 is 45.9 Å². The Balaban J connectivity index is 1.96. The summed E-state index contributed by atoms with van der Waals surface area (Å²) in [5.41, 5.74) is 4.46. The van der Waals surface area contributed by atoms with Gasteiger partial charge in [-0.3, -0.25) is 0 Å². The van der Waals surface area contributed by atoms with Crippen LogP contribution in [0.5, 0.6) is 0 Å². The summed E-state index contributed by atoms with van der Waals surface area (Å²) in [5, 5.41) is 4.67. The normalized spacial score (nSPS) is 20.3. The second kappa shape index (κ2) is 9.09. The molecule has 1 aliphatic rings. The number of nitrogens with zero attached hydrogens (tertiary/aromatic N) is 3. The molecular formula is C21H22ClN3S2. The number of halogens is 1. The number of benzene rings is 1. The predicted molar refractivity (Wildman–Crippen MR) is 119 cm³/mol. The lowest BCUT2D eigenvalue weighted by Gasteiger charge is -2.26. The molecule has 0 amide bonds.